The van der Waals surface area contributed by atoms with Gasteiger partial charge in [0, 0.05) is 23.4 Å². The third-order valence-electron chi connectivity index (χ3n) is 3.47. The third-order valence-corrected chi connectivity index (χ3v) is 3.47. The number of hydrogen-bond donors (Lipinski definition) is 1. The van der Waals surface area contributed by atoms with Gasteiger partial charge in [-0.3, -0.25) is 0 Å². The number of aliphatic hydroxyl groups excluding tert-OH is 1. The molecule has 0 aliphatic carbocycles. The van der Waals surface area contributed by atoms with E-state index < -0.39 is 11.7 Å². The van der Waals surface area contributed by atoms with E-state index in [1.165, 1.54) is 6.07 Å². The van der Waals surface area contributed by atoms with Crippen molar-refractivity contribution in [1.29, 1.82) is 0 Å². The highest BCUT2D eigenvalue weighted by Gasteiger charge is 2.23. The van der Waals surface area contributed by atoms with Crippen LogP contribution in [0.3, 0.4) is 0 Å². The van der Waals surface area contributed by atoms with E-state index in [2.05, 4.69) is 6.58 Å². The van der Waals surface area contributed by atoms with Gasteiger partial charge >= 0.3 is 5.63 Å². The van der Waals surface area contributed by atoms with Crippen LogP contribution in [-0.4, -0.2) is 24.4 Å². The first-order valence-corrected chi connectivity index (χ1v) is 6.75. The molecule has 1 unspecified atom stereocenters. The average Bonchev–Trinajstić information content (AvgIpc) is 2.91. The van der Waals surface area contributed by atoms with Gasteiger partial charge in [-0.15, -0.1) is 0 Å². The van der Waals surface area contributed by atoms with Gasteiger partial charge in [0.15, 0.2) is 11.3 Å². The van der Waals surface area contributed by atoms with Crippen molar-refractivity contribution >= 4 is 11.0 Å². The summed E-state index contributed by atoms with van der Waals surface area (Å²) in [5, 5.41) is 10.6. The zero-order valence-corrected chi connectivity index (χ0v) is 11.7. The molecule has 1 atom stereocenters. The molecule has 0 spiro atoms. The van der Waals surface area contributed by atoms with Crippen LogP contribution in [0, 0.1) is 0 Å². The van der Waals surface area contributed by atoms with E-state index in [0.29, 0.717) is 29.3 Å². The topological polar surface area (TPSA) is 68.9 Å². The van der Waals surface area contributed by atoms with Gasteiger partial charge in [0.2, 0.25) is 5.75 Å². The van der Waals surface area contributed by atoms with Gasteiger partial charge in [-0.1, -0.05) is 6.58 Å². The maximum Gasteiger partial charge on any atom is 0.336 e. The Morgan fingerprint density at radius 2 is 2.33 bits per heavy atom. The number of ether oxygens (including phenoxy) is 2. The summed E-state index contributed by atoms with van der Waals surface area (Å²) in [6.07, 6.45) is -0.00295. The fourth-order valence-corrected chi connectivity index (χ4v) is 2.26. The normalized spacial score (nSPS) is 14.6. The summed E-state index contributed by atoms with van der Waals surface area (Å²) in [6.45, 7) is 6.00. The van der Waals surface area contributed by atoms with Crippen LogP contribution >= 0.6 is 0 Å². The third kappa shape index (κ3) is 2.52. The highest BCUT2D eigenvalue weighted by atomic mass is 16.5. The zero-order valence-electron chi connectivity index (χ0n) is 11.7. The molecule has 1 aromatic heterocycles. The van der Waals surface area contributed by atoms with Crippen molar-refractivity contribution in [3.8, 4) is 11.5 Å². The molecule has 0 amide bonds. The van der Waals surface area contributed by atoms with E-state index in [9.17, 15) is 9.90 Å². The molecule has 1 N–H and O–H groups in total. The molecule has 0 saturated carbocycles. The second-order valence-electron chi connectivity index (χ2n) is 5.14. The number of hydrogen-bond acceptors (Lipinski definition) is 5. The standard InChI is InChI=1S/C16H16O5/c1-9(2)12(17)8-20-16-14-11(5-6-19-14)7-10-3-4-13(18)21-15(10)16/h3-4,7,12,17H,1,5-6,8H2,2H3. The van der Waals surface area contributed by atoms with Crippen LogP contribution in [0.4, 0.5) is 0 Å². The Morgan fingerprint density at radius 1 is 1.52 bits per heavy atom. The Kier molecular flexibility index (Phi) is 3.43. The van der Waals surface area contributed by atoms with Crippen molar-refractivity contribution in [2.45, 2.75) is 19.4 Å². The van der Waals surface area contributed by atoms with Crippen LogP contribution in [0.2, 0.25) is 0 Å². The lowest BCUT2D eigenvalue weighted by Gasteiger charge is -2.15. The summed E-state index contributed by atoms with van der Waals surface area (Å²) < 4.78 is 16.5. The van der Waals surface area contributed by atoms with Gasteiger partial charge in [0.25, 0.3) is 0 Å². The first-order chi connectivity index (χ1) is 10.1. The molecule has 5 nitrogen and oxygen atoms in total. The average molecular weight is 288 g/mol. The fourth-order valence-electron chi connectivity index (χ4n) is 2.26. The molecule has 1 aliphatic rings. The lowest BCUT2D eigenvalue weighted by molar-refractivity contribution is 0.133. The quantitative estimate of drug-likeness (QED) is 0.688. The maximum absolute atomic E-state index is 11.5. The van der Waals surface area contributed by atoms with Gasteiger partial charge in [-0.25, -0.2) is 4.79 Å². The van der Waals surface area contributed by atoms with Gasteiger partial charge in [-0.2, -0.15) is 0 Å². The fraction of sp³-hybridized carbons (Fsp3) is 0.312. The molecule has 0 fully saturated rings. The van der Waals surface area contributed by atoms with E-state index in [1.807, 2.05) is 6.07 Å². The Morgan fingerprint density at radius 3 is 3.10 bits per heavy atom. The van der Waals surface area contributed by atoms with E-state index >= 15 is 0 Å². The molecule has 5 heteroatoms. The van der Waals surface area contributed by atoms with Crippen LogP contribution in [0.25, 0.3) is 11.0 Å². The lowest BCUT2D eigenvalue weighted by Crippen LogP contribution is -2.18. The van der Waals surface area contributed by atoms with Crippen LogP contribution in [0.5, 0.6) is 11.5 Å². The van der Waals surface area contributed by atoms with E-state index in [-0.39, 0.29) is 6.61 Å². The summed E-state index contributed by atoms with van der Waals surface area (Å²) in [4.78, 5) is 11.5. The van der Waals surface area contributed by atoms with Crippen molar-refractivity contribution in [3.05, 3.63) is 46.3 Å². The predicted molar refractivity (Wildman–Crippen MR) is 78.0 cm³/mol. The minimum Gasteiger partial charge on any atom is -0.489 e. The SMILES string of the molecule is C=C(C)C(O)COc1c2c(cc3ccc(=O)oc13)CCO2. The summed E-state index contributed by atoms with van der Waals surface area (Å²) >= 11 is 0. The maximum atomic E-state index is 11.5. The Hall–Kier alpha value is -2.27. The molecule has 2 heterocycles. The molecular weight excluding hydrogens is 272 g/mol. The van der Waals surface area contributed by atoms with Gasteiger partial charge in [0.05, 0.1) is 6.61 Å². The summed E-state index contributed by atoms with van der Waals surface area (Å²) in [6, 6.07) is 5.00. The summed E-state index contributed by atoms with van der Waals surface area (Å²) in [5.74, 6) is 0.962. The summed E-state index contributed by atoms with van der Waals surface area (Å²) in [5.41, 5.74) is 1.51. The molecule has 3 rings (SSSR count). The van der Waals surface area contributed by atoms with Crippen molar-refractivity contribution < 1.29 is 19.0 Å². The molecule has 0 bridgehead atoms. The molecule has 1 aliphatic heterocycles. The monoisotopic (exact) mass is 288 g/mol. The molecule has 0 radical (unpaired) electrons. The zero-order chi connectivity index (χ0) is 15.0. The number of fused-ring (bicyclic) bond motifs is 2. The van der Waals surface area contributed by atoms with Crippen LogP contribution in [0.15, 0.2) is 39.6 Å². The Balaban J connectivity index is 2.08. The first-order valence-electron chi connectivity index (χ1n) is 6.75. The second-order valence-corrected chi connectivity index (χ2v) is 5.14. The number of rotatable bonds is 4. The highest BCUT2D eigenvalue weighted by molar-refractivity contribution is 5.87. The predicted octanol–water partition coefficient (Wildman–Crippen LogP) is 2.04. The molecule has 21 heavy (non-hydrogen) atoms. The Bertz CT molecular complexity index is 759. The minimum absolute atomic E-state index is 0.0306. The minimum atomic E-state index is -0.784. The van der Waals surface area contributed by atoms with Crippen LogP contribution in [-0.2, 0) is 6.42 Å². The molecule has 2 aromatic rings. The molecule has 1 aromatic carbocycles. The first kappa shape index (κ1) is 13.7. The molecule has 110 valence electrons. The van der Waals surface area contributed by atoms with Gasteiger partial charge < -0.3 is 19.0 Å². The van der Waals surface area contributed by atoms with Crippen molar-refractivity contribution in [2.75, 3.05) is 13.2 Å². The van der Waals surface area contributed by atoms with Crippen molar-refractivity contribution in [2.24, 2.45) is 0 Å². The second kappa shape index (κ2) is 5.26. The van der Waals surface area contributed by atoms with E-state index in [1.54, 1.807) is 13.0 Å². The lowest BCUT2D eigenvalue weighted by atomic mass is 10.1. The van der Waals surface area contributed by atoms with E-state index in [0.717, 1.165) is 17.4 Å². The van der Waals surface area contributed by atoms with Gasteiger partial charge in [0.1, 0.15) is 12.7 Å². The molecular formula is C16H16O5. The van der Waals surface area contributed by atoms with Crippen LogP contribution in [0.1, 0.15) is 12.5 Å². The number of benzene rings is 1. The highest BCUT2D eigenvalue weighted by Crippen LogP contribution is 2.41. The van der Waals surface area contributed by atoms with Crippen molar-refractivity contribution in [1.82, 2.24) is 0 Å². The largest absolute Gasteiger partial charge is 0.489 e. The smallest absolute Gasteiger partial charge is 0.336 e. The molecule has 0 saturated heterocycles. The number of aliphatic hydroxyl groups is 1. The Labute approximate surface area is 121 Å². The van der Waals surface area contributed by atoms with Crippen molar-refractivity contribution in [3.63, 3.8) is 0 Å². The van der Waals surface area contributed by atoms with E-state index in [4.69, 9.17) is 13.9 Å². The summed E-state index contributed by atoms with van der Waals surface area (Å²) in [7, 11) is 0. The van der Waals surface area contributed by atoms with Crippen LogP contribution < -0.4 is 15.1 Å². The van der Waals surface area contributed by atoms with Gasteiger partial charge in [-0.05, 0) is 24.6 Å².